The largest absolute Gasteiger partial charge is 0.379 e. The van der Waals surface area contributed by atoms with E-state index in [1.54, 1.807) is 14.8 Å². The van der Waals surface area contributed by atoms with Gasteiger partial charge in [-0.25, -0.2) is 9.97 Å². The Morgan fingerprint density at radius 1 is 1.21 bits per heavy atom. The molecule has 132 valence electrons. The lowest BCUT2D eigenvalue weighted by Crippen LogP contribution is -2.51. The number of anilines is 1. The van der Waals surface area contributed by atoms with Crippen molar-refractivity contribution in [2.45, 2.75) is 25.3 Å². The van der Waals surface area contributed by atoms with Crippen molar-refractivity contribution in [2.24, 2.45) is 5.41 Å². The highest BCUT2D eigenvalue weighted by Crippen LogP contribution is 2.49. The van der Waals surface area contributed by atoms with Crippen LogP contribution in [0.5, 0.6) is 0 Å². The molecule has 0 bridgehead atoms. The van der Waals surface area contributed by atoms with Crippen molar-refractivity contribution in [3.8, 4) is 0 Å². The van der Waals surface area contributed by atoms with E-state index in [1.807, 2.05) is 6.07 Å². The summed E-state index contributed by atoms with van der Waals surface area (Å²) in [7, 11) is -3.34. The number of hydrogen-bond acceptors (Lipinski definition) is 6. The molecule has 1 N–H and O–H groups in total. The lowest BCUT2D eigenvalue weighted by Gasteiger charge is -2.45. The summed E-state index contributed by atoms with van der Waals surface area (Å²) in [5, 5.41) is 3.40. The van der Waals surface area contributed by atoms with Crippen LogP contribution >= 0.6 is 0 Å². The summed E-state index contributed by atoms with van der Waals surface area (Å²) >= 11 is 0. The van der Waals surface area contributed by atoms with Crippen molar-refractivity contribution < 1.29 is 13.2 Å². The highest BCUT2D eigenvalue weighted by molar-refractivity contribution is 7.86. The van der Waals surface area contributed by atoms with E-state index in [9.17, 15) is 8.42 Å². The Kier molecular flexibility index (Phi) is 4.19. The third-order valence-electron chi connectivity index (χ3n) is 5.32. The Balaban J connectivity index is 1.34. The first-order chi connectivity index (χ1) is 11.6. The molecule has 1 spiro atoms. The molecule has 3 heterocycles. The summed E-state index contributed by atoms with van der Waals surface area (Å²) < 4.78 is 34.0. The van der Waals surface area contributed by atoms with Crippen LogP contribution in [-0.2, 0) is 14.9 Å². The van der Waals surface area contributed by atoms with Gasteiger partial charge in [0.2, 0.25) is 0 Å². The number of nitrogens with zero attached hydrogens (tertiary/aromatic N) is 4. The highest BCUT2D eigenvalue weighted by atomic mass is 32.2. The van der Waals surface area contributed by atoms with Crippen molar-refractivity contribution in [2.75, 3.05) is 44.7 Å². The van der Waals surface area contributed by atoms with Crippen molar-refractivity contribution in [3.05, 3.63) is 18.6 Å². The summed E-state index contributed by atoms with van der Waals surface area (Å²) in [4.78, 5) is 8.09. The molecule has 4 rings (SSSR count). The molecule has 1 aliphatic carbocycles. The molecule has 0 aromatic carbocycles. The van der Waals surface area contributed by atoms with Gasteiger partial charge in [0.05, 0.1) is 13.2 Å². The molecular formula is C15H23N5O3S. The highest BCUT2D eigenvalue weighted by Gasteiger charge is 2.51. The van der Waals surface area contributed by atoms with E-state index in [-0.39, 0.29) is 5.41 Å². The van der Waals surface area contributed by atoms with Crippen LogP contribution in [0.15, 0.2) is 18.6 Å². The molecule has 0 atom stereocenters. The van der Waals surface area contributed by atoms with Crippen LogP contribution in [0.25, 0.3) is 0 Å². The van der Waals surface area contributed by atoms with Crippen LogP contribution in [0.3, 0.4) is 0 Å². The molecule has 0 amide bonds. The smallest absolute Gasteiger partial charge is 0.282 e. The third kappa shape index (κ3) is 3.01. The Labute approximate surface area is 142 Å². The topological polar surface area (TPSA) is 87.7 Å². The lowest BCUT2D eigenvalue weighted by molar-refractivity contribution is 0.0697. The van der Waals surface area contributed by atoms with Crippen LogP contribution in [0.4, 0.5) is 5.82 Å². The van der Waals surface area contributed by atoms with E-state index in [2.05, 4.69) is 15.3 Å². The zero-order valence-corrected chi connectivity index (χ0v) is 14.4. The third-order valence-corrected chi connectivity index (χ3v) is 7.30. The average molecular weight is 353 g/mol. The Morgan fingerprint density at radius 2 is 2.00 bits per heavy atom. The monoisotopic (exact) mass is 353 g/mol. The number of rotatable bonds is 4. The van der Waals surface area contributed by atoms with E-state index in [0.29, 0.717) is 45.4 Å². The maximum absolute atomic E-state index is 12.8. The maximum atomic E-state index is 12.8. The van der Waals surface area contributed by atoms with Gasteiger partial charge >= 0.3 is 0 Å². The summed E-state index contributed by atoms with van der Waals surface area (Å²) in [5.41, 5.74) is 0.129. The van der Waals surface area contributed by atoms with Crippen molar-refractivity contribution in [1.82, 2.24) is 18.6 Å². The number of hydrogen-bond donors (Lipinski definition) is 1. The first-order valence-electron chi connectivity index (χ1n) is 8.43. The van der Waals surface area contributed by atoms with E-state index in [4.69, 9.17) is 4.74 Å². The fourth-order valence-corrected chi connectivity index (χ4v) is 5.73. The molecule has 3 fully saturated rings. The van der Waals surface area contributed by atoms with E-state index in [1.165, 1.54) is 6.33 Å². The average Bonchev–Trinajstić information content (AvgIpc) is 3.03. The molecule has 1 aromatic rings. The number of nitrogens with one attached hydrogen (secondary N) is 1. The first kappa shape index (κ1) is 16.2. The van der Waals surface area contributed by atoms with Gasteiger partial charge in [0.15, 0.2) is 0 Å². The molecule has 9 heteroatoms. The van der Waals surface area contributed by atoms with Gasteiger partial charge in [0.1, 0.15) is 12.1 Å². The Bertz CT molecular complexity index is 672. The van der Waals surface area contributed by atoms with E-state index < -0.39 is 10.2 Å². The Morgan fingerprint density at radius 3 is 2.71 bits per heavy atom. The predicted octanol–water partition coefficient (Wildman–Crippen LogP) is 0.320. The molecule has 8 nitrogen and oxygen atoms in total. The van der Waals surface area contributed by atoms with Gasteiger partial charge in [-0.1, -0.05) is 0 Å². The molecule has 0 radical (unpaired) electrons. The van der Waals surface area contributed by atoms with Crippen LogP contribution in [-0.4, -0.2) is 72.4 Å². The van der Waals surface area contributed by atoms with Gasteiger partial charge in [-0.3, -0.25) is 0 Å². The van der Waals surface area contributed by atoms with Gasteiger partial charge in [-0.15, -0.1) is 0 Å². The molecule has 0 unspecified atom stereocenters. The van der Waals surface area contributed by atoms with Gasteiger partial charge in [0, 0.05) is 38.4 Å². The summed E-state index contributed by atoms with van der Waals surface area (Å²) in [6, 6.07) is 2.22. The minimum Gasteiger partial charge on any atom is -0.379 e. The fourth-order valence-electron chi connectivity index (χ4n) is 4.04. The minimum absolute atomic E-state index is 0.129. The standard InChI is InChI=1S/C15H23N5O3S/c21-24(22,19-5-7-23-8-6-19)20-4-2-15(11-20)9-13(10-15)18-14-1-3-16-12-17-14/h1,3,12-13H,2,4-11H2,(H,16,17,18). The van der Waals surface area contributed by atoms with Crippen LogP contribution in [0, 0.1) is 5.41 Å². The zero-order valence-electron chi connectivity index (χ0n) is 13.6. The van der Waals surface area contributed by atoms with Gasteiger partial charge in [-0.05, 0) is 30.7 Å². The summed E-state index contributed by atoms with van der Waals surface area (Å²) in [6.45, 7) is 3.16. The molecule has 2 aliphatic heterocycles. The molecule has 1 aromatic heterocycles. The van der Waals surface area contributed by atoms with E-state index >= 15 is 0 Å². The second kappa shape index (κ2) is 6.21. The van der Waals surface area contributed by atoms with Crippen LogP contribution < -0.4 is 5.32 Å². The van der Waals surface area contributed by atoms with Gasteiger partial charge in [-0.2, -0.15) is 17.0 Å². The molecule has 3 aliphatic rings. The number of aromatic nitrogens is 2. The quantitative estimate of drug-likeness (QED) is 0.839. The zero-order chi connectivity index (χ0) is 16.6. The summed E-state index contributed by atoms with van der Waals surface area (Å²) in [6.07, 6.45) is 6.18. The van der Waals surface area contributed by atoms with Crippen molar-refractivity contribution >= 4 is 16.0 Å². The Hall–Kier alpha value is -1.29. The molecular weight excluding hydrogens is 330 g/mol. The second-order valence-electron chi connectivity index (χ2n) is 6.95. The molecule has 24 heavy (non-hydrogen) atoms. The summed E-state index contributed by atoms with van der Waals surface area (Å²) in [5.74, 6) is 0.834. The van der Waals surface area contributed by atoms with Crippen LogP contribution in [0.2, 0.25) is 0 Å². The first-order valence-corrected chi connectivity index (χ1v) is 9.83. The lowest BCUT2D eigenvalue weighted by atomic mass is 9.65. The fraction of sp³-hybridized carbons (Fsp3) is 0.733. The van der Waals surface area contributed by atoms with Crippen molar-refractivity contribution in [3.63, 3.8) is 0 Å². The second-order valence-corrected chi connectivity index (χ2v) is 8.88. The van der Waals surface area contributed by atoms with Crippen LogP contribution in [0.1, 0.15) is 19.3 Å². The predicted molar refractivity (Wildman–Crippen MR) is 88.6 cm³/mol. The molecule has 2 saturated heterocycles. The number of morpholine rings is 1. The molecule has 1 saturated carbocycles. The normalized spacial score (nSPS) is 31.9. The van der Waals surface area contributed by atoms with Gasteiger partial charge < -0.3 is 10.1 Å². The van der Waals surface area contributed by atoms with E-state index in [0.717, 1.165) is 25.1 Å². The minimum atomic E-state index is -3.34. The maximum Gasteiger partial charge on any atom is 0.282 e. The SMILES string of the molecule is O=S(=O)(N1CCOCC1)N1CCC2(CC(Nc3ccncn3)C2)C1. The van der Waals surface area contributed by atoms with Crippen molar-refractivity contribution in [1.29, 1.82) is 0 Å². The number of ether oxygens (including phenoxy) is 1. The van der Waals surface area contributed by atoms with Gasteiger partial charge in [0.25, 0.3) is 10.2 Å².